The quantitative estimate of drug-likeness (QED) is 0.317. The van der Waals surface area contributed by atoms with E-state index in [2.05, 4.69) is 97.4 Å². The van der Waals surface area contributed by atoms with Crippen LogP contribution in [0.1, 0.15) is 22.0 Å². The first-order valence-electron chi connectivity index (χ1n) is 8.97. The van der Waals surface area contributed by atoms with Crippen molar-refractivity contribution in [3.8, 4) is 0 Å². The monoisotopic (exact) mass is 390 g/mol. The lowest BCUT2D eigenvalue weighted by molar-refractivity contribution is 0.0927. The SMILES string of the molecule is CSC(OC(SC)c1ccc2ccccc2c1)c1ccc2ccccc2c1. The topological polar surface area (TPSA) is 9.23 Å². The molecule has 0 heterocycles. The van der Waals surface area contributed by atoms with Gasteiger partial charge in [-0.3, -0.25) is 0 Å². The minimum Gasteiger partial charge on any atom is -0.344 e. The van der Waals surface area contributed by atoms with Gasteiger partial charge >= 0.3 is 0 Å². The molecular formula is C24H22OS2. The maximum Gasteiger partial charge on any atom is 0.130 e. The Balaban J connectivity index is 1.62. The highest BCUT2D eigenvalue weighted by molar-refractivity contribution is 7.99. The molecule has 0 bridgehead atoms. The summed E-state index contributed by atoms with van der Waals surface area (Å²) in [6.07, 6.45) is 4.22. The molecule has 0 aromatic heterocycles. The maximum absolute atomic E-state index is 6.54. The zero-order valence-electron chi connectivity index (χ0n) is 15.5. The van der Waals surface area contributed by atoms with E-state index in [-0.39, 0.29) is 10.9 Å². The van der Waals surface area contributed by atoms with Gasteiger partial charge in [0.15, 0.2) is 0 Å². The third-order valence-electron chi connectivity index (χ3n) is 4.77. The standard InChI is InChI=1S/C24H22OS2/c1-26-23(21-13-11-17-7-3-5-9-19(17)15-21)25-24(27-2)22-14-12-18-8-4-6-10-20(18)16-22/h3-16,23-24H,1-2H3. The number of hydrogen-bond donors (Lipinski definition) is 0. The van der Waals surface area contributed by atoms with Crippen LogP contribution in [0, 0.1) is 0 Å². The van der Waals surface area contributed by atoms with Gasteiger partial charge in [0, 0.05) is 0 Å². The number of thioether (sulfide) groups is 2. The van der Waals surface area contributed by atoms with E-state index in [1.165, 1.54) is 32.7 Å². The number of ether oxygens (including phenoxy) is 1. The average Bonchev–Trinajstić information content (AvgIpc) is 2.74. The zero-order chi connectivity index (χ0) is 18.6. The summed E-state index contributed by atoms with van der Waals surface area (Å²) in [6.45, 7) is 0. The minimum atomic E-state index is -0.00136. The first-order valence-corrected chi connectivity index (χ1v) is 11.5. The van der Waals surface area contributed by atoms with Gasteiger partial charge in [-0.2, -0.15) is 0 Å². The molecule has 27 heavy (non-hydrogen) atoms. The molecule has 3 heteroatoms. The van der Waals surface area contributed by atoms with Crippen LogP contribution in [0.3, 0.4) is 0 Å². The second-order valence-corrected chi connectivity index (χ2v) is 8.28. The fourth-order valence-corrected chi connectivity index (χ4v) is 4.71. The molecule has 0 fully saturated rings. The highest BCUT2D eigenvalue weighted by Crippen LogP contribution is 2.39. The Morgan fingerprint density at radius 1 is 0.556 bits per heavy atom. The van der Waals surface area contributed by atoms with E-state index in [0.717, 1.165) is 0 Å². The summed E-state index contributed by atoms with van der Waals surface area (Å²) < 4.78 is 6.54. The van der Waals surface area contributed by atoms with Gasteiger partial charge in [-0.15, -0.1) is 23.5 Å². The van der Waals surface area contributed by atoms with Crippen molar-refractivity contribution in [2.75, 3.05) is 12.5 Å². The van der Waals surface area contributed by atoms with Crippen molar-refractivity contribution in [1.29, 1.82) is 0 Å². The number of fused-ring (bicyclic) bond motifs is 2. The Hall–Kier alpha value is -1.94. The van der Waals surface area contributed by atoms with E-state index in [9.17, 15) is 0 Å². The molecule has 136 valence electrons. The van der Waals surface area contributed by atoms with Crippen molar-refractivity contribution >= 4 is 45.1 Å². The molecule has 0 saturated heterocycles. The van der Waals surface area contributed by atoms with Crippen molar-refractivity contribution in [3.63, 3.8) is 0 Å². The normalized spacial score (nSPS) is 13.7. The fourth-order valence-electron chi connectivity index (χ4n) is 3.36. The molecule has 0 aliphatic rings. The lowest BCUT2D eigenvalue weighted by Gasteiger charge is -2.23. The molecule has 0 amide bonds. The highest BCUT2D eigenvalue weighted by Gasteiger charge is 2.19. The van der Waals surface area contributed by atoms with E-state index < -0.39 is 0 Å². The summed E-state index contributed by atoms with van der Waals surface area (Å²) in [4.78, 5) is 0. The van der Waals surface area contributed by atoms with Crippen LogP contribution in [0.2, 0.25) is 0 Å². The van der Waals surface area contributed by atoms with Gasteiger partial charge in [0.1, 0.15) is 10.9 Å². The summed E-state index contributed by atoms with van der Waals surface area (Å²) in [5.41, 5.74) is 2.42. The molecule has 0 N–H and O–H groups in total. The van der Waals surface area contributed by atoms with Crippen LogP contribution in [0.5, 0.6) is 0 Å². The molecule has 0 saturated carbocycles. The largest absolute Gasteiger partial charge is 0.344 e. The second kappa shape index (κ2) is 8.39. The van der Waals surface area contributed by atoms with Gasteiger partial charge in [-0.1, -0.05) is 72.8 Å². The molecule has 1 nitrogen and oxygen atoms in total. The molecule has 4 aromatic rings. The summed E-state index contributed by atoms with van der Waals surface area (Å²) >= 11 is 3.48. The zero-order valence-corrected chi connectivity index (χ0v) is 17.1. The van der Waals surface area contributed by atoms with Gasteiger partial charge in [0.25, 0.3) is 0 Å². The van der Waals surface area contributed by atoms with Gasteiger partial charge < -0.3 is 4.74 Å². The van der Waals surface area contributed by atoms with Crippen LogP contribution < -0.4 is 0 Å². The molecule has 0 spiro atoms. The predicted molar refractivity (Wildman–Crippen MR) is 121 cm³/mol. The van der Waals surface area contributed by atoms with Gasteiger partial charge in [0.05, 0.1) is 0 Å². The van der Waals surface area contributed by atoms with E-state index in [1.807, 2.05) is 0 Å². The molecule has 4 aromatic carbocycles. The van der Waals surface area contributed by atoms with E-state index in [0.29, 0.717) is 0 Å². The maximum atomic E-state index is 6.54. The van der Waals surface area contributed by atoms with E-state index in [4.69, 9.17) is 4.74 Å². The van der Waals surface area contributed by atoms with Crippen LogP contribution in [0.4, 0.5) is 0 Å². The molecule has 4 rings (SSSR count). The Kier molecular flexibility index (Phi) is 5.72. The first-order chi connectivity index (χ1) is 13.3. The van der Waals surface area contributed by atoms with Gasteiger partial charge in [-0.05, 0) is 57.3 Å². The van der Waals surface area contributed by atoms with Crippen molar-refractivity contribution < 1.29 is 4.74 Å². The van der Waals surface area contributed by atoms with E-state index in [1.54, 1.807) is 23.5 Å². The second-order valence-electron chi connectivity index (χ2n) is 6.48. The third kappa shape index (κ3) is 4.01. The summed E-state index contributed by atoms with van der Waals surface area (Å²) in [7, 11) is 0. The Morgan fingerprint density at radius 3 is 1.37 bits per heavy atom. The fraction of sp³-hybridized carbons (Fsp3) is 0.167. The summed E-state index contributed by atoms with van der Waals surface area (Å²) in [5.74, 6) is 0. The Labute approximate surface area is 169 Å². The summed E-state index contributed by atoms with van der Waals surface area (Å²) in [5, 5.41) is 5.03. The first kappa shape index (κ1) is 18.4. The van der Waals surface area contributed by atoms with Crippen LogP contribution in [-0.2, 0) is 4.74 Å². The lowest BCUT2D eigenvalue weighted by Crippen LogP contribution is -2.05. The Morgan fingerprint density at radius 2 is 0.963 bits per heavy atom. The lowest BCUT2D eigenvalue weighted by atomic mass is 10.1. The smallest absolute Gasteiger partial charge is 0.130 e. The minimum absolute atomic E-state index is 0.00136. The summed E-state index contributed by atoms with van der Waals surface area (Å²) in [6, 6.07) is 30.1. The number of hydrogen-bond acceptors (Lipinski definition) is 3. The van der Waals surface area contributed by atoms with E-state index >= 15 is 0 Å². The molecule has 0 aliphatic heterocycles. The van der Waals surface area contributed by atoms with Crippen molar-refractivity contribution in [3.05, 3.63) is 96.1 Å². The van der Waals surface area contributed by atoms with Gasteiger partial charge in [0.2, 0.25) is 0 Å². The van der Waals surface area contributed by atoms with Crippen molar-refractivity contribution in [2.45, 2.75) is 10.9 Å². The third-order valence-corrected chi connectivity index (χ3v) is 6.39. The predicted octanol–water partition coefficient (Wildman–Crippen LogP) is 7.43. The molecule has 0 aliphatic carbocycles. The Bertz CT molecular complexity index is 975. The number of benzene rings is 4. The molecular weight excluding hydrogens is 368 g/mol. The average molecular weight is 391 g/mol. The number of rotatable bonds is 6. The highest BCUT2D eigenvalue weighted by atomic mass is 32.2. The van der Waals surface area contributed by atoms with Crippen LogP contribution >= 0.6 is 23.5 Å². The van der Waals surface area contributed by atoms with Crippen LogP contribution in [0.15, 0.2) is 84.9 Å². The van der Waals surface area contributed by atoms with Gasteiger partial charge in [-0.25, -0.2) is 0 Å². The molecule has 0 radical (unpaired) electrons. The van der Waals surface area contributed by atoms with Crippen LogP contribution in [0.25, 0.3) is 21.5 Å². The van der Waals surface area contributed by atoms with Crippen molar-refractivity contribution in [2.24, 2.45) is 0 Å². The molecule has 2 atom stereocenters. The van der Waals surface area contributed by atoms with Crippen LogP contribution in [-0.4, -0.2) is 12.5 Å². The van der Waals surface area contributed by atoms with Crippen molar-refractivity contribution in [1.82, 2.24) is 0 Å². The molecule has 2 unspecified atom stereocenters.